The van der Waals surface area contributed by atoms with E-state index >= 15 is 0 Å². The van der Waals surface area contributed by atoms with Crippen molar-refractivity contribution in [1.29, 1.82) is 0 Å². The van der Waals surface area contributed by atoms with E-state index in [1.54, 1.807) is 0 Å². The van der Waals surface area contributed by atoms with Crippen molar-refractivity contribution < 1.29 is 24.4 Å². The van der Waals surface area contributed by atoms with E-state index in [4.69, 9.17) is 0 Å². The smallest absolute Gasteiger partial charge is 0.336 e. The molecule has 0 saturated heterocycles. The van der Waals surface area contributed by atoms with Crippen molar-refractivity contribution in [1.82, 2.24) is 0 Å². The van der Waals surface area contributed by atoms with Crippen LogP contribution in [0.1, 0.15) is 31.8 Å². The number of allylic oxidation sites excluding steroid dienone is 5. The molecule has 1 aliphatic carbocycles. The van der Waals surface area contributed by atoms with Crippen molar-refractivity contribution in [2.24, 2.45) is 0 Å². The number of anilines is 1. The molecule has 0 aromatic heterocycles. The molecule has 4 rings (SSSR count). The Morgan fingerprint density at radius 2 is 1.62 bits per heavy atom. The molecule has 0 fully saturated rings. The van der Waals surface area contributed by atoms with Crippen LogP contribution in [-0.2, 0) is 0 Å². The number of rotatable bonds is 4. The zero-order valence-corrected chi connectivity index (χ0v) is 21.3. The van der Waals surface area contributed by atoms with E-state index < -0.39 is 20.0 Å². The molecule has 0 spiro atoms. The predicted octanol–water partition coefficient (Wildman–Crippen LogP) is 3.63. The van der Waals surface area contributed by atoms with Gasteiger partial charge in [0.05, 0.1) is 11.1 Å². The van der Waals surface area contributed by atoms with Crippen molar-refractivity contribution in [3.63, 3.8) is 0 Å². The topological polar surface area (TPSA) is 80.8 Å². The highest BCUT2D eigenvalue weighted by Gasteiger charge is 2.41. The van der Waals surface area contributed by atoms with E-state index in [0.29, 0.717) is 5.56 Å². The second kappa shape index (κ2) is 8.25. The first-order valence-electron chi connectivity index (χ1n) is 11.1. The van der Waals surface area contributed by atoms with Gasteiger partial charge in [0.1, 0.15) is 22.2 Å². The van der Waals surface area contributed by atoms with Gasteiger partial charge in [0.25, 0.3) is 0 Å². The van der Waals surface area contributed by atoms with Crippen LogP contribution in [0.5, 0.6) is 0 Å². The fourth-order valence-electron chi connectivity index (χ4n) is 4.74. The molecule has 2 aromatic carbocycles. The van der Waals surface area contributed by atoms with E-state index in [1.807, 2.05) is 40.3 Å². The van der Waals surface area contributed by atoms with Gasteiger partial charge in [0.2, 0.25) is 0 Å². The lowest BCUT2D eigenvalue weighted by atomic mass is 9.86. The van der Waals surface area contributed by atoms with Crippen LogP contribution in [0, 0.1) is 0 Å². The van der Waals surface area contributed by atoms with Crippen molar-refractivity contribution >= 4 is 42.2 Å². The van der Waals surface area contributed by atoms with Gasteiger partial charge in [-0.25, -0.2) is 14.2 Å². The molecule has 34 heavy (non-hydrogen) atoms. The van der Waals surface area contributed by atoms with Gasteiger partial charge in [-0.05, 0) is 69.1 Å². The maximum atomic E-state index is 12.2. The predicted molar refractivity (Wildman–Crippen MR) is 139 cm³/mol. The molecule has 1 aliphatic heterocycles. The third-order valence-corrected chi connectivity index (χ3v) is 10.2. The monoisotopic (exact) mass is 473 g/mol. The van der Waals surface area contributed by atoms with Crippen molar-refractivity contribution in [2.45, 2.75) is 13.1 Å². The van der Waals surface area contributed by atoms with Gasteiger partial charge in [-0.15, -0.1) is 0 Å². The number of carbonyl (C=O) groups is 2. The van der Waals surface area contributed by atoms with Crippen molar-refractivity contribution in [2.75, 3.05) is 33.1 Å². The maximum absolute atomic E-state index is 12.2. The normalized spacial score (nSPS) is 15.9. The summed E-state index contributed by atoms with van der Waals surface area (Å²) in [4.78, 5) is 26.1. The Labute approximate surface area is 200 Å². The average molecular weight is 474 g/mol. The van der Waals surface area contributed by atoms with Crippen LogP contribution in [-0.4, -0.2) is 68.7 Å². The molecule has 0 radical (unpaired) electrons. The van der Waals surface area contributed by atoms with Crippen LogP contribution < -0.4 is 10.1 Å². The van der Waals surface area contributed by atoms with Crippen LogP contribution in [0.3, 0.4) is 0 Å². The van der Waals surface area contributed by atoms with Crippen LogP contribution >= 0.6 is 0 Å². The van der Waals surface area contributed by atoms with E-state index in [0.717, 1.165) is 28.1 Å². The molecule has 0 bridgehead atoms. The first-order valence-corrected chi connectivity index (χ1v) is 14.1. The number of fused-ring (bicyclic) bond motifs is 2. The number of aromatic carboxylic acids is 2. The summed E-state index contributed by atoms with van der Waals surface area (Å²) in [5.41, 5.74) is 5.43. The highest BCUT2D eigenvalue weighted by Crippen LogP contribution is 2.42. The van der Waals surface area contributed by atoms with Gasteiger partial charge >= 0.3 is 11.9 Å². The Morgan fingerprint density at radius 3 is 2.21 bits per heavy atom. The third-order valence-electron chi connectivity index (χ3n) is 6.69. The quantitative estimate of drug-likeness (QED) is 0.524. The summed E-state index contributed by atoms with van der Waals surface area (Å²) in [7, 11) is 5.82. The molecule has 0 unspecified atom stereocenters. The van der Waals surface area contributed by atoms with Crippen molar-refractivity contribution in [3.8, 4) is 0 Å². The van der Waals surface area contributed by atoms with Crippen LogP contribution in [0.15, 0.2) is 65.4 Å². The van der Waals surface area contributed by atoms with Gasteiger partial charge in [-0.1, -0.05) is 19.2 Å². The lowest BCUT2D eigenvalue weighted by molar-refractivity contribution is -0.462. The van der Waals surface area contributed by atoms with Gasteiger partial charge in [0, 0.05) is 31.9 Å². The van der Waals surface area contributed by atoms with E-state index in [9.17, 15) is 19.8 Å². The van der Waals surface area contributed by atoms with Crippen LogP contribution in [0.2, 0.25) is 13.1 Å². The van der Waals surface area contributed by atoms with E-state index in [1.165, 1.54) is 28.6 Å². The second-order valence-electron chi connectivity index (χ2n) is 9.62. The van der Waals surface area contributed by atoms with Gasteiger partial charge < -0.3 is 15.1 Å². The molecule has 1 heterocycles. The van der Waals surface area contributed by atoms with Gasteiger partial charge in [0.15, 0.2) is 5.71 Å². The number of carboxylic acids is 2. The Balaban J connectivity index is 2.17. The molecule has 6 nitrogen and oxygen atoms in total. The Morgan fingerprint density at radius 1 is 0.912 bits per heavy atom. The lowest BCUT2D eigenvalue weighted by Gasteiger charge is -2.38. The van der Waals surface area contributed by atoms with E-state index in [-0.39, 0.29) is 11.1 Å². The fraction of sp³-hybridized carbons (Fsp3) is 0.222. The Hall–Kier alpha value is -3.71. The third kappa shape index (κ3) is 3.72. The molecule has 2 N–H and O–H groups in total. The minimum absolute atomic E-state index is 0.0625. The SMILES string of the molecule is CN(C)c1ccc2c(c1)[Si](C)(C)C1=CC(=[N+](C)C)C=CC1=C2c1cc(C(=O)O)ccc1C(=O)O. The molecule has 174 valence electrons. The largest absolute Gasteiger partial charge is 0.478 e. The molecular formula is C27H29N2O4Si+. The zero-order chi connectivity index (χ0) is 24.9. The summed E-state index contributed by atoms with van der Waals surface area (Å²) < 4.78 is 2.06. The minimum atomic E-state index is -2.18. The number of nitrogens with zero attached hydrogens (tertiary/aromatic N) is 2. The van der Waals surface area contributed by atoms with Crippen LogP contribution in [0.25, 0.3) is 5.57 Å². The molecule has 0 amide bonds. The molecule has 2 aliphatic rings. The highest BCUT2D eigenvalue weighted by atomic mass is 28.3. The van der Waals surface area contributed by atoms with E-state index in [2.05, 4.69) is 46.9 Å². The molecule has 0 atom stereocenters. The summed E-state index contributed by atoms with van der Waals surface area (Å²) in [6.07, 6.45) is 6.29. The van der Waals surface area contributed by atoms with Gasteiger partial charge in [-0.3, -0.25) is 0 Å². The first kappa shape index (κ1) is 23.4. The Kier molecular flexibility index (Phi) is 5.69. The summed E-state index contributed by atoms with van der Waals surface area (Å²) in [6, 6.07) is 10.5. The molecular weight excluding hydrogens is 444 g/mol. The number of benzene rings is 2. The maximum Gasteiger partial charge on any atom is 0.336 e. The minimum Gasteiger partial charge on any atom is -0.478 e. The number of hydrogen-bond acceptors (Lipinski definition) is 3. The standard InChI is InChI=1S/C27H28N2O4Si/c1-28(2)17-8-11-20-23(14-17)34(5,6)24-15-18(29(3)4)9-12-21(24)25(20)22-13-16(26(30)31)7-10-19(22)27(32)33/h7-15H,1-6H3,(H-,30,31,32,33)/p+1. The molecule has 7 heteroatoms. The Bertz CT molecular complexity index is 1370. The summed E-state index contributed by atoms with van der Waals surface area (Å²) in [5.74, 6) is -2.17. The first-order chi connectivity index (χ1) is 15.9. The molecule has 2 aromatic rings. The molecule has 0 saturated carbocycles. The number of hydrogen-bond donors (Lipinski definition) is 2. The van der Waals surface area contributed by atoms with Gasteiger partial charge in [-0.2, -0.15) is 0 Å². The summed E-state index contributed by atoms with van der Waals surface area (Å²) in [6.45, 7) is 4.62. The lowest BCUT2D eigenvalue weighted by Crippen LogP contribution is -2.49. The summed E-state index contributed by atoms with van der Waals surface area (Å²) in [5, 5.41) is 22.0. The average Bonchev–Trinajstić information content (AvgIpc) is 2.78. The second-order valence-corrected chi connectivity index (χ2v) is 13.9. The number of carboxylic acid groups (broad SMARTS) is 2. The fourth-order valence-corrected chi connectivity index (χ4v) is 7.81. The van der Waals surface area contributed by atoms with Crippen molar-refractivity contribution in [3.05, 3.63) is 87.6 Å². The summed E-state index contributed by atoms with van der Waals surface area (Å²) >= 11 is 0. The van der Waals surface area contributed by atoms with Crippen LogP contribution in [0.4, 0.5) is 5.69 Å². The zero-order valence-electron chi connectivity index (χ0n) is 20.3. The highest BCUT2D eigenvalue weighted by molar-refractivity contribution is 6.98.